The number of rotatable bonds is 7. The molecule has 2 N–H and O–H groups in total. The molecule has 4 rings (SSSR count). The van der Waals surface area contributed by atoms with Gasteiger partial charge in [-0.2, -0.15) is 0 Å². The van der Waals surface area contributed by atoms with Gasteiger partial charge in [-0.3, -0.25) is 4.79 Å². The van der Waals surface area contributed by atoms with Gasteiger partial charge < -0.3 is 29.5 Å². The second-order valence-electron chi connectivity index (χ2n) is 12.7. The van der Waals surface area contributed by atoms with Crippen molar-refractivity contribution in [2.45, 2.75) is 84.8 Å². The number of aliphatic hydroxyl groups excluding tert-OH is 1. The molecule has 1 saturated carbocycles. The number of piperidine rings is 1. The van der Waals surface area contributed by atoms with Gasteiger partial charge in [-0.15, -0.1) is 11.3 Å². The Kier molecular flexibility index (Phi) is 10.4. The van der Waals surface area contributed by atoms with E-state index in [1.165, 1.54) is 0 Å². The van der Waals surface area contributed by atoms with Crippen LogP contribution in [-0.4, -0.2) is 78.1 Å². The van der Waals surface area contributed by atoms with Crippen molar-refractivity contribution in [3.63, 3.8) is 0 Å². The summed E-state index contributed by atoms with van der Waals surface area (Å²) in [6, 6.07) is 1.53. The molecule has 9 nitrogen and oxygen atoms in total. The van der Waals surface area contributed by atoms with Crippen molar-refractivity contribution in [1.29, 1.82) is 0 Å². The molecule has 0 spiro atoms. The fourth-order valence-electron chi connectivity index (χ4n) is 5.88. The third kappa shape index (κ3) is 8.02. The second kappa shape index (κ2) is 13.6. The number of aromatic carboxylic acids is 1. The van der Waals surface area contributed by atoms with Crippen LogP contribution in [0.15, 0.2) is 6.07 Å². The Morgan fingerprint density at radius 2 is 1.80 bits per heavy atom. The molecule has 41 heavy (non-hydrogen) atoms. The van der Waals surface area contributed by atoms with E-state index in [9.17, 15) is 24.6 Å². The van der Waals surface area contributed by atoms with Crippen LogP contribution in [0.25, 0.3) is 0 Å². The first kappa shape index (κ1) is 31.3. The highest BCUT2D eigenvalue weighted by molar-refractivity contribution is 7.15. The summed E-state index contributed by atoms with van der Waals surface area (Å²) < 4.78 is 11.2. The van der Waals surface area contributed by atoms with Crippen molar-refractivity contribution >= 4 is 35.0 Å². The monoisotopic (exact) mass is 588 g/mol. The third-order valence-corrected chi connectivity index (χ3v) is 9.34. The predicted octanol–water partition coefficient (Wildman–Crippen LogP) is 5.00. The Morgan fingerprint density at radius 1 is 1.12 bits per heavy atom. The van der Waals surface area contributed by atoms with Gasteiger partial charge in [0, 0.05) is 43.0 Å². The summed E-state index contributed by atoms with van der Waals surface area (Å²) in [5.41, 5.74) is 0.173. The van der Waals surface area contributed by atoms with Crippen molar-refractivity contribution in [3.05, 3.63) is 15.8 Å². The summed E-state index contributed by atoms with van der Waals surface area (Å²) in [5, 5.41) is 19.4. The maximum absolute atomic E-state index is 14.1. The van der Waals surface area contributed by atoms with Crippen molar-refractivity contribution in [2.24, 2.45) is 23.2 Å². The molecule has 3 fully saturated rings. The molecular weight excluding hydrogens is 544 g/mol. The fraction of sp³-hybridized carbons (Fsp3) is 0.710. The number of carbonyl (C=O) groups excluding carboxylic acids is 2. The zero-order valence-electron chi connectivity index (χ0n) is 24.7. The highest BCUT2D eigenvalue weighted by Gasteiger charge is 2.39. The maximum atomic E-state index is 14.1. The van der Waals surface area contributed by atoms with E-state index in [4.69, 9.17) is 9.47 Å². The van der Waals surface area contributed by atoms with Crippen LogP contribution in [0.2, 0.25) is 0 Å². The molecule has 2 saturated heterocycles. The Hall–Kier alpha value is -2.61. The van der Waals surface area contributed by atoms with Gasteiger partial charge in [-0.1, -0.05) is 18.8 Å². The molecule has 3 aliphatic rings. The molecule has 10 heteroatoms. The maximum Gasteiger partial charge on any atom is 0.410 e. The zero-order chi connectivity index (χ0) is 29.7. The molecule has 0 aromatic carbocycles. The first-order valence-corrected chi connectivity index (χ1v) is 15.7. The van der Waals surface area contributed by atoms with Crippen molar-refractivity contribution in [1.82, 2.24) is 4.90 Å². The topological polar surface area (TPSA) is 117 Å². The van der Waals surface area contributed by atoms with Crippen LogP contribution in [0, 0.1) is 35.0 Å². The fourth-order valence-corrected chi connectivity index (χ4v) is 6.72. The summed E-state index contributed by atoms with van der Waals surface area (Å²) >= 11 is 1.11. The van der Waals surface area contributed by atoms with Crippen LogP contribution < -0.4 is 4.90 Å². The summed E-state index contributed by atoms with van der Waals surface area (Å²) in [5.74, 6) is 5.62. The Morgan fingerprint density at radius 3 is 2.41 bits per heavy atom. The third-order valence-electron chi connectivity index (χ3n) is 8.31. The SMILES string of the molecule is CC(C)(C)C#Cc1cc(N(C(=O)[C@H]2CC[C@H](C)CC2)C2CCN(C(=O)O[C@H]3COC[C@H]3CCO)CC2)c(C(=O)O)s1. The number of carboxylic acids is 1. The number of nitrogens with zero attached hydrogens (tertiary/aromatic N) is 2. The minimum atomic E-state index is -1.07. The minimum absolute atomic E-state index is 0.0155. The van der Waals surface area contributed by atoms with E-state index >= 15 is 0 Å². The molecule has 2 amide bonds. The number of aliphatic hydroxyl groups is 1. The average molecular weight is 589 g/mol. The van der Waals surface area contributed by atoms with Crippen LogP contribution in [0.4, 0.5) is 10.5 Å². The van der Waals surface area contributed by atoms with Crippen LogP contribution in [0.1, 0.15) is 87.2 Å². The van der Waals surface area contributed by atoms with E-state index < -0.39 is 12.1 Å². The van der Waals surface area contributed by atoms with E-state index in [0.717, 1.165) is 37.0 Å². The number of carbonyl (C=O) groups is 3. The molecule has 1 aromatic rings. The quantitative estimate of drug-likeness (QED) is 0.431. The average Bonchev–Trinajstić information content (AvgIpc) is 3.55. The summed E-state index contributed by atoms with van der Waals surface area (Å²) in [6.07, 6.45) is 4.31. The molecule has 1 aromatic heterocycles. The minimum Gasteiger partial charge on any atom is -0.477 e. The lowest BCUT2D eigenvalue weighted by Gasteiger charge is -2.40. The van der Waals surface area contributed by atoms with Gasteiger partial charge in [0.15, 0.2) is 0 Å². The number of hydrogen-bond acceptors (Lipinski definition) is 7. The van der Waals surface area contributed by atoms with Gasteiger partial charge in [0.05, 0.1) is 23.8 Å². The lowest BCUT2D eigenvalue weighted by Crippen LogP contribution is -2.51. The largest absolute Gasteiger partial charge is 0.477 e. The van der Waals surface area contributed by atoms with E-state index in [0.29, 0.717) is 62.0 Å². The smallest absolute Gasteiger partial charge is 0.410 e. The number of anilines is 1. The molecule has 0 radical (unpaired) electrons. The molecule has 226 valence electrons. The highest BCUT2D eigenvalue weighted by Crippen LogP contribution is 2.38. The van der Waals surface area contributed by atoms with Crippen molar-refractivity contribution in [2.75, 3.05) is 37.8 Å². The lowest BCUT2D eigenvalue weighted by atomic mass is 9.82. The number of hydrogen-bond donors (Lipinski definition) is 2. The van der Waals surface area contributed by atoms with Gasteiger partial charge in [-0.25, -0.2) is 9.59 Å². The molecule has 2 atom stereocenters. The molecule has 0 bridgehead atoms. The number of thiophene rings is 1. The molecule has 0 unspecified atom stereocenters. The zero-order valence-corrected chi connectivity index (χ0v) is 25.5. The van der Waals surface area contributed by atoms with E-state index in [1.807, 2.05) is 20.8 Å². The van der Waals surface area contributed by atoms with Crippen LogP contribution in [0.5, 0.6) is 0 Å². The van der Waals surface area contributed by atoms with Gasteiger partial charge in [0.25, 0.3) is 0 Å². The molecular formula is C31H44N2O7S. The van der Waals surface area contributed by atoms with E-state index in [-0.39, 0.29) is 46.8 Å². The van der Waals surface area contributed by atoms with Crippen molar-refractivity contribution < 1.29 is 34.1 Å². The number of ether oxygens (including phenoxy) is 2. The molecule has 2 aliphatic heterocycles. The Labute approximate surface area is 247 Å². The van der Waals surface area contributed by atoms with Crippen LogP contribution >= 0.6 is 11.3 Å². The summed E-state index contributed by atoms with van der Waals surface area (Å²) in [4.78, 5) is 43.6. The van der Waals surface area contributed by atoms with Gasteiger partial charge >= 0.3 is 12.1 Å². The van der Waals surface area contributed by atoms with Crippen LogP contribution in [-0.2, 0) is 14.3 Å². The summed E-state index contributed by atoms with van der Waals surface area (Å²) in [7, 11) is 0. The summed E-state index contributed by atoms with van der Waals surface area (Å²) in [6.45, 7) is 9.80. The Balaban J connectivity index is 1.54. The first-order valence-electron chi connectivity index (χ1n) is 14.8. The van der Waals surface area contributed by atoms with Crippen molar-refractivity contribution in [3.8, 4) is 11.8 Å². The van der Waals surface area contributed by atoms with Crippen LogP contribution in [0.3, 0.4) is 0 Å². The van der Waals surface area contributed by atoms with Gasteiger partial charge in [-0.05, 0) is 77.7 Å². The first-order chi connectivity index (χ1) is 19.5. The second-order valence-corrected chi connectivity index (χ2v) is 13.8. The Bertz CT molecular complexity index is 1150. The van der Waals surface area contributed by atoms with Gasteiger partial charge in [0.1, 0.15) is 11.0 Å². The molecule has 1 aliphatic carbocycles. The normalized spacial score (nSPS) is 25.3. The van der Waals surface area contributed by atoms with E-state index in [2.05, 4.69) is 18.8 Å². The number of amides is 2. The predicted molar refractivity (Wildman–Crippen MR) is 157 cm³/mol. The number of likely N-dealkylation sites (tertiary alicyclic amines) is 1. The van der Waals surface area contributed by atoms with E-state index in [1.54, 1.807) is 15.9 Å². The highest BCUT2D eigenvalue weighted by atomic mass is 32.1. The van der Waals surface area contributed by atoms with Gasteiger partial charge in [0.2, 0.25) is 5.91 Å². The number of carboxylic acid groups (broad SMARTS) is 1. The standard InChI is InChI=1S/C31H44N2O7S/c1-20-5-7-21(8-6-20)28(35)33(25-17-24(9-13-31(2,3)4)41-27(25)29(36)37)23-10-14-32(15-11-23)30(38)40-26-19-39-18-22(26)12-16-34/h17,20-23,26,34H,5-8,10-12,14-16,18-19H2,1-4H3,(H,36,37)/t20-,21-,22-,26+/m1/s1. The lowest BCUT2D eigenvalue weighted by molar-refractivity contribution is -0.124. The molecule has 3 heterocycles.